The Labute approximate surface area is 145 Å². The van der Waals surface area contributed by atoms with Crippen LogP contribution in [0.2, 0.25) is 0 Å². The van der Waals surface area contributed by atoms with Crippen molar-refractivity contribution in [2.75, 3.05) is 19.7 Å². The van der Waals surface area contributed by atoms with Crippen LogP contribution in [0.3, 0.4) is 0 Å². The van der Waals surface area contributed by atoms with Gasteiger partial charge in [-0.05, 0) is 38.0 Å². The van der Waals surface area contributed by atoms with E-state index in [2.05, 4.69) is 10.3 Å². The number of ether oxygens (including phenoxy) is 1. The Bertz CT molecular complexity index is 813. The van der Waals surface area contributed by atoms with Gasteiger partial charge in [-0.25, -0.2) is 9.18 Å². The maximum absolute atomic E-state index is 13.2. The molecule has 1 aliphatic rings. The number of nitrogens with zero attached hydrogens (tertiary/aromatic N) is 1. The smallest absolute Gasteiger partial charge is 0.409 e. The molecule has 0 atom stereocenters. The van der Waals surface area contributed by atoms with Gasteiger partial charge in [0.1, 0.15) is 5.82 Å². The number of amides is 1. The molecule has 1 fully saturated rings. The normalized spacial score (nSPS) is 15.5. The predicted molar refractivity (Wildman–Crippen MR) is 93.0 cm³/mol. The number of hydrogen-bond acceptors (Lipinski definition) is 4. The van der Waals surface area contributed by atoms with Gasteiger partial charge in [-0.3, -0.25) is 4.79 Å². The summed E-state index contributed by atoms with van der Waals surface area (Å²) in [5, 5.41) is 3.76. The molecule has 1 aromatic carbocycles. The minimum Gasteiger partial charge on any atom is -0.450 e. The van der Waals surface area contributed by atoms with Crippen molar-refractivity contribution in [1.82, 2.24) is 15.2 Å². The molecule has 0 radical (unpaired) electrons. The molecule has 1 amide bonds. The van der Waals surface area contributed by atoms with Gasteiger partial charge in [-0.15, -0.1) is 0 Å². The number of hydrogen-bond donors (Lipinski definition) is 2. The first-order chi connectivity index (χ1) is 12.1. The van der Waals surface area contributed by atoms with Gasteiger partial charge in [0, 0.05) is 48.3 Å². The molecule has 2 heterocycles. The fourth-order valence-corrected chi connectivity index (χ4v) is 3.10. The van der Waals surface area contributed by atoms with E-state index >= 15 is 0 Å². The van der Waals surface area contributed by atoms with Crippen LogP contribution in [0.1, 0.15) is 25.5 Å². The second kappa shape index (κ2) is 7.65. The molecule has 3 rings (SSSR count). The number of pyridine rings is 1. The van der Waals surface area contributed by atoms with Crippen LogP contribution in [-0.2, 0) is 11.3 Å². The van der Waals surface area contributed by atoms with Gasteiger partial charge in [-0.1, -0.05) is 0 Å². The highest BCUT2D eigenvalue weighted by Gasteiger charge is 2.23. The average molecular weight is 347 g/mol. The monoisotopic (exact) mass is 347 g/mol. The summed E-state index contributed by atoms with van der Waals surface area (Å²) in [5.41, 5.74) is 1.20. The zero-order valence-corrected chi connectivity index (χ0v) is 14.2. The maximum atomic E-state index is 13.2. The number of nitrogens with one attached hydrogen (secondary N) is 2. The number of rotatable bonds is 4. The number of halogens is 1. The molecule has 1 aliphatic heterocycles. The van der Waals surface area contributed by atoms with Crippen molar-refractivity contribution in [2.45, 2.75) is 32.4 Å². The van der Waals surface area contributed by atoms with E-state index in [9.17, 15) is 14.0 Å². The summed E-state index contributed by atoms with van der Waals surface area (Å²) in [6.45, 7) is 4.02. The molecule has 134 valence electrons. The summed E-state index contributed by atoms with van der Waals surface area (Å²) in [5.74, 6) is -0.419. The molecule has 1 saturated heterocycles. The Hall–Kier alpha value is -2.41. The van der Waals surface area contributed by atoms with Crippen LogP contribution in [0.5, 0.6) is 0 Å². The SMILES string of the molecule is CCOC(=O)N1CCC(NCc2cc(=O)c3cc(F)ccc3[nH]2)CC1. The van der Waals surface area contributed by atoms with Crippen LogP contribution in [0.4, 0.5) is 9.18 Å². The number of carbonyl (C=O) groups excluding carboxylic acids is 1. The van der Waals surface area contributed by atoms with Crippen LogP contribution >= 0.6 is 0 Å². The third kappa shape index (κ3) is 4.17. The van der Waals surface area contributed by atoms with Gasteiger partial charge < -0.3 is 19.9 Å². The van der Waals surface area contributed by atoms with Gasteiger partial charge in [-0.2, -0.15) is 0 Å². The van der Waals surface area contributed by atoms with E-state index in [-0.39, 0.29) is 17.6 Å². The van der Waals surface area contributed by atoms with Crippen LogP contribution in [0.15, 0.2) is 29.1 Å². The first kappa shape index (κ1) is 17.4. The Morgan fingerprint density at radius 2 is 2.12 bits per heavy atom. The van der Waals surface area contributed by atoms with Gasteiger partial charge >= 0.3 is 6.09 Å². The number of H-pyrrole nitrogens is 1. The number of benzene rings is 1. The van der Waals surface area contributed by atoms with Crippen molar-refractivity contribution >= 4 is 17.0 Å². The highest BCUT2D eigenvalue weighted by Crippen LogP contribution is 2.13. The summed E-state index contributed by atoms with van der Waals surface area (Å²) >= 11 is 0. The van der Waals surface area contributed by atoms with Gasteiger partial charge in [0.25, 0.3) is 0 Å². The Morgan fingerprint density at radius 3 is 2.84 bits per heavy atom. The zero-order valence-electron chi connectivity index (χ0n) is 14.2. The lowest BCUT2D eigenvalue weighted by Crippen LogP contribution is -2.45. The zero-order chi connectivity index (χ0) is 17.8. The number of fused-ring (bicyclic) bond motifs is 1. The summed E-state index contributed by atoms with van der Waals surface area (Å²) in [4.78, 5) is 28.7. The van der Waals surface area contributed by atoms with Crippen molar-refractivity contribution < 1.29 is 13.9 Å². The largest absolute Gasteiger partial charge is 0.450 e. The average Bonchev–Trinajstić information content (AvgIpc) is 2.61. The van der Waals surface area contributed by atoms with Gasteiger partial charge in [0.2, 0.25) is 0 Å². The van der Waals surface area contributed by atoms with Crippen LogP contribution in [0.25, 0.3) is 10.9 Å². The molecule has 6 nitrogen and oxygen atoms in total. The fourth-order valence-electron chi connectivity index (χ4n) is 3.10. The van der Waals surface area contributed by atoms with Crippen LogP contribution in [-0.4, -0.2) is 41.7 Å². The minimum absolute atomic E-state index is 0.192. The third-order valence-electron chi connectivity index (χ3n) is 4.45. The maximum Gasteiger partial charge on any atom is 0.409 e. The minimum atomic E-state index is -0.419. The Balaban J connectivity index is 1.58. The molecule has 0 spiro atoms. The van der Waals surface area contributed by atoms with E-state index in [1.165, 1.54) is 18.2 Å². The molecular formula is C18H22FN3O3. The molecule has 7 heteroatoms. The second-order valence-corrected chi connectivity index (χ2v) is 6.19. The molecule has 0 unspecified atom stereocenters. The Kier molecular flexibility index (Phi) is 5.33. The fraction of sp³-hybridized carbons (Fsp3) is 0.444. The lowest BCUT2D eigenvalue weighted by molar-refractivity contribution is 0.0949. The number of carbonyl (C=O) groups is 1. The van der Waals surface area contributed by atoms with Gasteiger partial charge in [0.15, 0.2) is 5.43 Å². The van der Waals surface area contributed by atoms with E-state index in [4.69, 9.17) is 4.74 Å². The number of aromatic nitrogens is 1. The van der Waals surface area contributed by atoms with Gasteiger partial charge in [0.05, 0.1) is 6.61 Å². The van der Waals surface area contributed by atoms with Crippen molar-refractivity contribution in [3.05, 3.63) is 46.0 Å². The first-order valence-corrected chi connectivity index (χ1v) is 8.53. The lowest BCUT2D eigenvalue weighted by atomic mass is 10.1. The van der Waals surface area contributed by atoms with Crippen molar-refractivity contribution in [2.24, 2.45) is 0 Å². The van der Waals surface area contributed by atoms with E-state index in [1.54, 1.807) is 17.9 Å². The quantitative estimate of drug-likeness (QED) is 0.890. The number of aromatic amines is 1. The topological polar surface area (TPSA) is 74.4 Å². The van der Waals surface area contributed by atoms with Crippen LogP contribution < -0.4 is 10.7 Å². The number of likely N-dealkylation sites (tertiary alicyclic amines) is 1. The molecule has 25 heavy (non-hydrogen) atoms. The second-order valence-electron chi connectivity index (χ2n) is 6.19. The van der Waals surface area contributed by atoms with E-state index < -0.39 is 5.82 Å². The predicted octanol–water partition coefficient (Wildman–Crippen LogP) is 2.38. The van der Waals surface area contributed by atoms with E-state index in [0.717, 1.165) is 18.5 Å². The van der Waals surface area contributed by atoms with Crippen molar-refractivity contribution in [3.63, 3.8) is 0 Å². The molecule has 0 saturated carbocycles. The summed E-state index contributed by atoms with van der Waals surface area (Å²) < 4.78 is 18.3. The lowest BCUT2D eigenvalue weighted by Gasteiger charge is -2.31. The molecular weight excluding hydrogens is 325 g/mol. The third-order valence-corrected chi connectivity index (χ3v) is 4.45. The highest BCUT2D eigenvalue weighted by atomic mass is 19.1. The molecule has 2 N–H and O–H groups in total. The standard InChI is InChI=1S/C18H22FN3O3/c1-2-25-18(24)22-7-5-13(6-8-22)20-11-14-10-17(23)15-9-12(19)3-4-16(15)21-14/h3-4,9-10,13,20H,2,5-8,11H2,1H3,(H,21,23). The van der Waals surface area contributed by atoms with E-state index in [0.29, 0.717) is 37.1 Å². The van der Waals surface area contributed by atoms with Crippen molar-refractivity contribution in [3.8, 4) is 0 Å². The summed E-state index contributed by atoms with van der Waals surface area (Å²) in [7, 11) is 0. The summed E-state index contributed by atoms with van der Waals surface area (Å²) in [6.07, 6.45) is 1.41. The molecule has 0 aliphatic carbocycles. The first-order valence-electron chi connectivity index (χ1n) is 8.53. The van der Waals surface area contributed by atoms with E-state index in [1.807, 2.05) is 0 Å². The summed E-state index contributed by atoms with van der Waals surface area (Å²) in [6, 6.07) is 5.94. The molecule has 2 aromatic rings. The molecule has 1 aromatic heterocycles. The van der Waals surface area contributed by atoms with Crippen LogP contribution in [0, 0.1) is 5.82 Å². The molecule has 0 bridgehead atoms. The number of piperidine rings is 1. The van der Waals surface area contributed by atoms with Crippen molar-refractivity contribution in [1.29, 1.82) is 0 Å². The Morgan fingerprint density at radius 1 is 1.36 bits per heavy atom. The highest BCUT2D eigenvalue weighted by molar-refractivity contribution is 5.78.